The van der Waals surface area contributed by atoms with Crippen molar-refractivity contribution in [2.75, 3.05) is 45.2 Å². The summed E-state index contributed by atoms with van der Waals surface area (Å²) in [6, 6.07) is 9.99. The van der Waals surface area contributed by atoms with Crippen LogP contribution < -0.4 is 23.7 Å². The van der Waals surface area contributed by atoms with Gasteiger partial charge in [-0.3, -0.25) is 9.71 Å². The highest BCUT2D eigenvalue weighted by molar-refractivity contribution is 7.93. The summed E-state index contributed by atoms with van der Waals surface area (Å²) < 4.78 is 70.2. The average Bonchev–Trinajstić information content (AvgIpc) is 3.49. The third kappa shape index (κ3) is 7.93. The molecular weight excluding hydrogens is 625 g/mol. The van der Waals surface area contributed by atoms with Crippen LogP contribution in [-0.2, 0) is 14.8 Å². The Bertz CT molecular complexity index is 1770. The van der Waals surface area contributed by atoms with E-state index in [1.165, 1.54) is 36.4 Å². The molecule has 11 nitrogen and oxygen atoms in total. The zero-order chi connectivity index (χ0) is 32.0. The lowest BCUT2D eigenvalue weighted by Gasteiger charge is -2.30. The highest BCUT2D eigenvalue weighted by Crippen LogP contribution is 2.38. The molecule has 2 aromatic heterocycles. The van der Waals surface area contributed by atoms with Gasteiger partial charge in [0.05, 0.1) is 32.0 Å². The molecule has 1 N–H and O–H groups in total. The number of rotatable bonds is 12. The number of sulfonamides is 1. The van der Waals surface area contributed by atoms with E-state index in [0.29, 0.717) is 34.8 Å². The Labute approximate surface area is 264 Å². The van der Waals surface area contributed by atoms with Gasteiger partial charge in [0.25, 0.3) is 10.0 Å². The Morgan fingerprint density at radius 3 is 2.71 bits per heavy atom. The van der Waals surface area contributed by atoms with E-state index >= 15 is 4.39 Å². The molecule has 1 aliphatic heterocycles. The van der Waals surface area contributed by atoms with E-state index in [1.54, 1.807) is 31.5 Å². The van der Waals surface area contributed by atoms with Crippen LogP contribution >= 0.6 is 11.3 Å². The molecule has 14 heteroatoms. The number of likely N-dealkylation sites (tertiary alicyclic amines) is 1. The van der Waals surface area contributed by atoms with Crippen molar-refractivity contribution >= 4 is 44.1 Å². The largest absolute Gasteiger partial charge is 0.514 e. The lowest BCUT2D eigenvalue weighted by Crippen LogP contribution is -2.35. The zero-order valence-electron chi connectivity index (χ0n) is 25.1. The monoisotopic (exact) mass is 659 g/mol. The predicted molar refractivity (Wildman–Crippen MR) is 168 cm³/mol. The van der Waals surface area contributed by atoms with Gasteiger partial charge in [-0.15, -0.1) is 11.3 Å². The molecule has 1 fully saturated rings. The van der Waals surface area contributed by atoms with Gasteiger partial charge in [-0.05, 0) is 67.4 Å². The molecule has 45 heavy (non-hydrogen) atoms. The number of benzene rings is 2. The molecule has 1 unspecified atom stereocenters. The van der Waals surface area contributed by atoms with E-state index in [1.807, 2.05) is 0 Å². The van der Waals surface area contributed by atoms with Crippen LogP contribution in [0.25, 0.3) is 10.9 Å². The third-order valence-electron chi connectivity index (χ3n) is 7.24. The Kier molecular flexibility index (Phi) is 10.3. The van der Waals surface area contributed by atoms with Crippen molar-refractivity contribution < 1.29 is 41.3 Å². The van der Waals surface area contributed by atoms with E-state index in [0.717, 1.165) is 56.5 Å². The van der Waals surface area contributed by atoms with Crippen molar-refractivity contribution in [1.82, 2.24) is 9.88 Å². The van der Waals surface area contributed by atoms with Crippen molar-refractivity contribution in [3.05, 3.63) is 59.9 Å². The van der Waals surface area contributed by atoms with Gasteiger partial charge in [0.2, 0.25) is 5.06 Å². The van der Waals surface area contributed by atoms with Crippen LogP contribution in [0, 0.1) is 11.7 Å². The number of hydrogen-bond acceptors (Lipinski definition) is 11. The Hall–Kier alpha value is -4.14. The molecular formula is C31H34FN3O8S2. The second-order valence-corrected chi connectivity index (χ2v) is 13.1. The van der Waals surface area contributed by atoms with Crippen LogP contribution in [0.5, 0.6) is 28.1 Å². The molecule has 0 amide bonds. The van der Waals surface area contributed by atoms with E-state index in [4.69, 9.17) is 18.9 Å². The number of anilines is 1. The molecule has 240 valence electrons. The van der Waals surface area contributed by atoms with Gasteiger partial charge < -0.3 is 28.6 Å². The average molecular weight is 660 g/mol. The maximum atomic E-state index is 15.2. The fourth-order valence-electron chi connectivity index (χ4n) is 5.10. The van der Waals surface area contributed by atoms with Crippen LogP contribution in [0.4, 0.5) is 14.9 Å². The van der Waals surface area contributed by atoms with Gasteiger partial charge in [0.15, 0.2) is 23.1 Å². The van der Waals surface area contributed by atoms with Gasteiger partial charge in [-0.25, -0.2) is 17.6 Å². The minimum absolute atomic E-state index is 0.0621. The Morgan fingerprint density at radius 2 is 1.96 bits per heavy atom. The highest BCUT2D eigenvalue weighted by Gasteiger charge is 2.24. The number of nitrogens with zero attached hydrogens (tertiary/aromatic N) is 2. The van der Waals surface area contributed by atoms with Crippen molar-refractivity contribution in [2.24, 2.45) is 5.92 Å². The van der Waals surface area contributed by atoms with Crippen molar-refractivity contribution in [2.45, 2.75) is 31.1 Å². The van der Waals surface area contributed by atoms with Gasteiger partial charge in [0.1, 0.15) is 10.6 Å². The lowest BCUT2D eigenvalue weighted by molar-refractivity contribution is 0.122. The van der Waals surface area contributed by atoms with Gasteiger partial charge in [-0.1, -0.05) is 6.92 Å². The summed E-state index contributed by atoms with van der Waals surface area (Å²) in [7, 11) is -1.57. The molecule has 0 radical (unpaired) electrons. The molecule has 0 aliphatic carbocycles. The lowest BCUT2D eigenvalue weighted by atomic mass is 10.0. The summed E-state index contributed by atoms with van der Waals surface area (Å²) >= 11 is 0.892. The van der Waals surface area contributed by atoms with Crippen LogP contribution in [0.15, 0.2) is 58.9 Å². The fraction of sp³-hybridized carbons (Fsp3) is 0.355. The van der Waals surface area contributed by atoms with Crippen LogP contribution in [0.3, 0.4) is 0 Å². The molecule has 0 bridgehead atoms. The van der Waals surface area contributed by atoms with Crippen LogP contribution in [0.1, 0.15) is 26.2 Å². The van der Waals surface area contributed by atoms with Crippen molar-refractivity contribution in [1.29, 1.82) is 0 Å². The minimum atomic E-state index is -4.22. The van der Waals surface area contributed by atoms with E-state index in [2.05, 4.69) is 26.3 Å². The molecule has 3 heterocycles. The number of nitrogens with one attached hydrogen (secondary N) is 1. The van der Waals surface area contributed by atoms with Gasteiger partial charge in [0, 0.05) is 36.8 Å². The molecule has 2 aromatic carbocycles. The van der Waals surface area contributed by atoms with E-state index < -0.39 is 22.0 Å². The maximum Gasteiger partial charge on any atom is 0.514 e. The minimum Gasteiger partial charge on any atom is -0.493 e. The Balaban J connectivity index is 1.27. The zero-order valence-corrected chi connectivity index (χ0v) is 26.7. The predicted octanol–water partition coefficient (Wildman–Crippen LogP) is 6.68. The van der Waals surface area contributed by atoms with E-state index in [9.17, 15) is 13.2 Å². The fourth-order valence-corrected chi connectivity index (χ4v) is 7.34. The molecule has 5 rings (SSSR count). The first-order valence-corrected chi connectivity index (χ1v) is 16.7. The molecule has 1 aliphatic rings. The first-order valence-electron chi connectivity index (χ1n) is 14.3. The molecule has 1 saturated heterocycles. The number of piperidine rings is 1. The SMILES string of the molecule is COC(=O)Oc1sccc1S(=O)(=O)Nc1ccc(Oc2ccnc3cc(OCCCN4CCCC(C)C4)c(OC)cc23)c(F)c1. The van der Waals surface area contributed by atoms with Crippen LogP contribution in [-0.4, -0.2) is 64.9 Å². The number of pyridine rings is 1. The number of hydrogen-bond donors (Lipinski definition) is 1. The standard InChI is InChI=1S/C31H34FN3O8S2/c1-20-6-4-12-35(19-20)13-5-14-41-28-18-24-22(17-27(28)39-2)25(9-11-33-24)42-26-8-7-21(16-23(26)32)34-45(37,38)29-10-15-44-30(29)43-31(36)40-3/h7-11,15-18,20,34H,4-6,12-14,19H2,1-3H3. The smallest absolute Gasteiger partial charge is 0.493 e. The molecule has 4 aromatic rings. The summed E-state index contributed by atoms with van der Waals surface area (Å²) in [5.41, 5.74) is 0.506. The summed E-state index contributed by atoms with van der Waals surface area (Å²) in [5.74, 6) is 1.13. The normalized spacial score (nSPS) is 15.4. The van der Waals surface area contributed by atoms with Crippen molar-refractivity contribution in [3.63, 3.8) is 0 Å². The number of carbonyl (C=O) groups is 1. The first kappa shape index (κ1) is 32.3. The summed E-state index contributed by atoms with van der Waals surface area (Å²) in [6.07, 6.45) is 3.87. The number of thiophene rings is 1. The molecule has 1 atom stereocenters. The number of methoxy groups -OCH3 is 2. The number of carbonyl (C=O) groups excluding carboxylic acids is 1. The highest BCUT2D eigenvalue weighted by atomic mass is 32.2. The summed E-state index contributed by atoms with van der Waals surface area (Å²) in [6.45, 7) is 6.03. The van der Waals surface area contributed by atoms with Gasteiger partial charge in [-0.2, -0.15) is 0 Å². The quantitative estimate of drug-likeness (QED) is 0.130. The van der Waals surface area contributed by atoms with Crippen LogP contribution in [0.2, 0.25) is 0 Å². The second-order valence-electron chi connectivity index (χ2n) is 10.6. The number of halogens is 1. The van der Waals surface area contributed by atoms with Gasteiger partial charge >= 0.3 is 6.16 Å². The summed E-state index contributed by atoms with van der Waals surface area (Å²) in [4.78, 5) is 18.1. The Morgan fingerprint density at radius 1 is 1.11 bits per heavy atom. The maximum absolute atomic E-state index is 15.2. The van der Waals surface area contributed by atoms with E-state index in [-0.39, 0.29) is 21.4 Å². The first-order chi connectivity index (χ1) is 21.7. The second kappa shape index (κ2) is 14.3. The topological polar surface area (TPSA) is 126 Å². The number of fused-ring (bicyclic) bond motifs is 1. The van der Waals surface area contributed by atoms with Crippen molar-refractivity contribution in [3.8, 4) is 28.1 Å². The summed E-state index contributed by atoms with van der Waals surface area (Å²) in [5, 5.41) is 1.82. The number of ether oxygens (including phenoxy) is 5. The molecule has 0 saturated carbocycles. The number of aromatic nitrogens is 1. The third-order valence-corrected chi connectivity index (χ3v) is 9.56. The molecule has 0 spiro atoms.